The zero-order chi connectivity index (χ0) is 13.5. The van der Waals surface area contributed by atoms with Crippen molar-refractivity contribution in [3.63, 3.8) is 0 Å². The van der Waals surface area contributed by atoms with E-state index in [4.69, 9.17) is 0 Å². The van der Waals surface area contributed by atoms with Crippen molar-refractivity contribution in [1.82, 2.24) is 10.2 Å². The second-order valence-electron chi connectivity index (χ2n) is 5.53. The predicted molar refractivity (Wildman–Crippen MR) is 73.2 cm³/mol. The molecule has 1 aromatic heterocycles. The number of aliphatic carboxylic acids is 1. The summed E-state index contributed by atoms with van der Waals surface area (Å²) in [5.74, 6) is -0.687. The van der Waals surface area contributed by atoms with Crippen LogP contribution in [0.4, 0.5) is 0 Å². The number of nitrogens with zero attached hydrogens (tertiary/aromatic N) is 1. The Morgan fingerprint density at radius 1 is 1.32 bits per heavy atom. The van der Waals surface area contributed by atoms with Crippen LogP contribution in [0.1, 0.15) is 43.4 Å². The summed E-state index contributed by atoms with van der Waals surface area (Å²) in [4.78, 5) is 11.8. The van der Waals surface area contributed by atoms with Gasteiger partial charge in [0.2, 0.25) is 0 Å². The molecular formula is C15H18N2O2. The average molecular weight is 258 g/mol. The lowest BCUT2D eigenvalue weighted by atomic mass is 9.69. The Kier molecular flexibility index (Phi) is 2.81. The van der Waals surface area contributed by atoms with E-state index < -0.39 is 11.4 Å². The van der Waals surface area contributed by atoms with Crippen LogP contribution in [-0.2, 0) is 10.2 Å². The summed E-state index contributed by atoms with van der Waals surface area (Å²) in [6.45, 7) is 1.97. The van der Waals surface area contributed by atoms with Gasteiger partial charge in [0.25, 0.3) is 0 Å². The van der Waals surface area contributed by atoms with Gasteiger partial charge in [-0.2, -0.15) is 5.10 Å². The standard InChI is InChI=1S/C15H18N2O2/c1-10-12-9-11(5-6-13(12)17-16-10)15(14(18)19)7-3-2-4-8-15/h5-6,9H,2-4,7-8H2,1H3,(H,16,17)(H,18,19). The van der Waals surface area contributed by atoms with Crippen LogP contribution < -0.4 is 0 Å². The molecule has 0 aliphatic heterocycles. The largest absolute Gasteiger partial charge is 0.481 e. The second-order valence-corrected chi connectivity index (χ2v) is 5.53. The minimum atomic E-state index is -0.698. The molecule has 2 N–H and O–H groups in total. The van der Waals surface area contributed by atoms with E-state index in [-0.39, 0.29) is 0 Å². The summed E-state index contributed by atoms with van der Waals surface area (Å²) < 4.78 is 0. The normalized spacial score (nSPS) is 18.6. The number of fused-ring (bicyclic) bond motifs is 1. The Hall–Kier alpha value is -1.84. The molecule has 1 aliphatic rings. The summed E-state index contributed by atoms with van der Waals surface area (Å²) in [6.07, 6.45) is 4.61. The number of aryl methyl sites for hydroxylation is 1. The molecule has 0 atom stereocenters. The third kappa shape index (κ3) is 1.82. The highest BCUT2D eigenvalue weighted by molar-refractivity contribution is 5.87. The zero-order valence-electron chi connectivity index (χ0n) is 11.1. The summed E-state index contributed by atoms with van der Waals surface area (Å²) in [5.41, 5.74) is 2.12. The Balaban J connectivity index is 2.14. The van der Waals surface area contributed by atoms with Crippen LogP contribution in [0.15, 0.2) is 18.2 Å². The fraction of sp³-hybridized carbons (Fsp3) is 0.467. The molecule has 0 unspecified atom stereocenters. The first kappa shape index (κ1) is 12.2. The van der Waals surface area contributed by atoms with E-state index in [0.29, 0.717) is 0 Å². The van der Waals surface area contributed by atoms with Gasteiger partial charge in [0.15, 0.2) is 0 Å². The van der Waals surface area contributed by atoms with Crippen LogP contribution in [0.3, 0.4) is 0 Å². The lowest BCUT2D eigenvalue weighted by Crippen LogP contribution is -2.37. The fourth-order valence-electron chi connectivity index (χ4n) is 3.22. The topological polar surface area (TPSA) is 66.0 Å². The van der Waals surface area contributed by atoms with Gasteiger partial charge in [-0.3, -0.25) is 9.89 Å². The van der Waals surface area contributed by atoms with Crippen LogP contribution >= 0.6 is 0 Å². The molecule has 0 spiro atoms. The van der Waals surface area contributed by atoms with Crippen molar-refractivity contribution in [2.24, 2.45) is 0 Å². The molecule has 0 bridgehead atoms. The second kappa shape index (κ2) is 4.37. The van der Waals surface area contributed by atoms with Gasteiger partial charge in [0.1, 0.15) is 0 Å². The molecule has 3 rings (SSSR count). The minimum absolute atomic E-state index is 0.687. The number of nitrogens with one attached hydrogen (secondary N) is 1. The number of rotatable bonds is 2. The van der Waals surface area contributed by atoms with Gasteiger partial charge >= 0.3 is 5.97 Å². The van der Waals surface area contributed by atoms with E-state index in [1.165, 1.54) is 0 Å². The molecule has 1 fully saturated rings. The number of hydrogen-bond donors (Lipinski definition) is 2. The first-order valence-electron chi connectivity index (χ1n) is 6.82. The van der Waals surface area contributed by atoms with Crippen LogP contribution in [0.5, 0.6) is 0 Å². The lowest BCUT2D eigenvalue weighted by molar-refractivity contribution is -0.145. The minimum Gasteiger partial charge on any atom is -0.481 e. The van der Waals surface area contributed by atoms with Crippen LogP contribution in [-0.4, -0.2) is 21.3 Å². The molecule has 1 saturated carbocycles. The van der Waals surface area contributed by atoms with Crippen molar-refractivity contribution >= 4 is 16.9 Å². The average Bonchev–Trinajstić information content (AvgIpc) is 2.80. The zero-order valence-corrected chi connectivity index (χ0v) is 11.1. The molecule has 4 heteroatoms. The molecule has 1 heterocycles. The van der Waals surface area contributed by atoms with Crippen LogP contribution in [0.25, 0.3) is 10.9 Å². The van der Waals surface area contributed by atoms with Crippen LogP contribution in [0.2, 0.25) is 0 Å². The monoisotopic (exact) mass is 258 g/mol. The number of carboxylic acid groups (broad SMARTS) is 1. The number of benzene rings is 1. The van der Waals surface area contributed by atoms with E-state index in [2.05, 4.69) is 10.2 Å². The summed E-state index contributed by atoms with van der Waals surface area (Å²) >= 11 is 0. The van der Waals surface area contributed by atoms with Gasteiger partial charge in [-0.05, 0) is 37.5 Å². The Morgan fingerprint density at radius 3 is 2.74 bits per heavy atom. The molecule has 4 nitrogen and oxygen atoms in total. The van der Waals surface area contributed by atoms with Gasteiger partial charge < -0.3 is 5.11 Å². The fourth-order valence-corrected chi connectivity index (χ4v) is 3.22. The van der Waals surface area contributed by atoms with Gasteiger partial charge in [-0.25, -0.2) is 0 Å². The molecule has 0 saturated heterocycles. The van der Waals surface area contributed by atoms with Gasteiger partial charge in [-0.15, -0.1) is 0 Å². The molecule has 1 aromatic carbocycles. The quantitative estimate of drug-likeness (QED) is 0.869. The molecular weight excluding hydrogens is 240 g/mol. The summed E-state index contributed by atoms with van der Waals surface area (Å²) in [7, 11) is 0. The maximum Gasteiger partial charge on any atom is 0.314 e. The molecule has 100 valence electrons. The predicted octanol–water partition coefficient (Wildman–Crippen LogP) is 3.16. The third-order valence-corrected chi connectivity index (χ3v) is 4.41. The van der Waals surface area contributed by atoms with Gasteiger partial charge in [0, 0.05) is 11.1 Å². The summed E-state index contributed by atoms with van der Waals surface area (Å²) in [6, 6.07) is 5.86. The molecule has 0 amide bonds. The smallest absolute Gasteiger partial charge is 0.314 e. The highest BCUT2D eigenvalue weighted by Crippen LogP contribution is 2.40. The van der Waals surface area contributed by atoms with Gasteiger partial charge in [-0.1, -0.05) is 25.3 Å². The number of carboxylic acids is 1. The first-order valence-corrected chi connectivity index (χ1v) is 6.82. The summed E-state index contributed by atoms with van der Waals surface area (Å²) in [5, 5.41) is 17.9. The number of aromatic nitrogens is 2. The van der Waals surface area contributed by atoms with Gasteiger partial charge in [0.05, 0.1) is 10.9 Å². The van der Waals surface area contributed by atoms with Crippen molar-refractivity contribution in [3.8, 4) is 0 Å². The maximum atomic E-state index is 11.8. The molecule has 1 aliphatic carbocycles. The number of aromatic amines is 1. The molecule has 19 heavy (non-hydrogen) atoms. The highest BCUT2D eigenvalue weighted by Gasteiger charge is 2.41. The van der Waals surface area contributed by atoms with E-state index in [0.717, 1.165) is 54.3 Å². The van der Waals surface area contributed by atoms with Crippen molar-refractivity contribution in [1.29, 1.82) is 0 Å². The van der Waals surface area contributed by atoms with E-state index in [1.807, 2.05) is 25.1 Å². The number of carbonyl (C=O) groups is 1. The Bertz CT molecular complexity index is 624. The number of H-pyrrole nitrogens is 1. The van der Waals surface area contributed by atoms with Crippen LogP contribution in [0, 0.1) is 6.92 Å². The lowest BCUT2D eigenvalue weighted by Gasteiger charge is -2.33. The Morgan fingerprint density at radius 2 is 2.05 bits per heavy atom. The SMILES string of the molecule is Cc1[nH]nc2ccc(C3(C(=O)O)CCCCC3)cc12. The van der Waals surface area contributed by atoms with E-state index in [1.54, 1.807) is 0 Å². The highest BCUT2D eigenvalue weighted by atomic mass is 16.4. The molecule has 2 aromatic rings. The van der Waals surface area contributed by atoms with E-state index >= 15 is 0 Å². The third-order valence-electron chi connectivity index (χ3n) is 4.41. The van der Waals surface area contributed by atoms with Crippen molar-refractivity contribution in [3.05, 3.63) is 29.5 Å². The maximum absolute atomic E-state index is 11.8. The first-order chi connectivity index (χ1) is 9.13. The Labute approximate surface area is 111 Å². The van der Waals surface area contributed by atoms with Crippen molar-refractivity contribution in [2.75, 3.05) is 0 Å². The number of hydrogen-bond acceptors (Lipinski definition) is 2. The van der Waals surface area contributed by atoms with Crippen molar-refractivity contribution in [2.45, 2.75) is 44.4 Å². The van der Waals surface area contributed by atoms with E-state index in [9.17, 15) is 9.90 Å². The van der Waals surface area contributed by atoms with Crippen molar-refractivity contribution < 1.29 is 9.90 Å². The molecule has 0 radical (unpaired) electrons.